The molecule has 0 aromatic carbocycles. The van der Waals surface area contributed by atoms with Crippen molar-refractivity contribution in [2.45, 2.75) is 194 Å². The van der Waals surface area contributed by atoms with Gasteiger partial charge in [-0.05, 0) is 70.1 Å². The lowest BCUT2D eigenvalue weighted by Crippen LogP contribution is -2.41. The Morgan fingerprint density at radius 3 is 0.956 bits per heavy atom. The van der Waals surface area contributed by atoms with Gasteiger partial charge in [-0.15, -0.1) is 0 Å². The third-order valence-corrected chi connectivity index (χ3v) is 15.4. The van der Waals surface area contributed by atoms with Crippen molar-refractivity contribution in [2.24, 2.45) is 50.2 Å². The maximum absolute atomic E-state index is 10.9. The molecule has 0 radical (unpaired) electrons. The number of hydrogen-bond acceptors (Lipinski definition) is 27. The molecule has 9 aliphatic heterocycles. The fraction of sp³-hybridized carbons (Fsp3) is 0.859. The van der Waals surface area contributed by atoms with Crippen LogP contribution >= 0.6 is 0 Å². The summed E-state index contributed by atoms with van der Waals surface area (Å²) in [4.78, 5) is 93.5. The largest absolute Gasteiger partial charge is 0.508 e. The second-order valence-corrected chi connectivity index (χ2v) is 26.5. The molecule has 9 saturated heterocycles. The number of hydrogen-bond donors (Lipinski definition) is 0. The van der Waals surface area contributed by atoms with Crippen LogP contribution in [0.3, 0.4) is 0 Å². The Morgan fingerprint density at radius 2 is 0.681 bits per heavy atom. The molecule has 0 saturated carbocycles. The minimum atomic E-state index is -0.549. The first-order chi connectivity index (χ1) is 42.8. The van der Waals surface area contributed by atoms with E-state index >= 15 is 0 Å². The first kappa shape index (κ1) is 82.4. The van der Waals surface area contributed by atoms with Crippen molar-refractivity contribution in [1.29, 1.82) is 0 Å². The van der Waals surface area contributed by atoms with Crippen molar-refractivity contribution in [2.75, 3.05) is 112 Å². The van der Waals surface area contributed by atoms with Gasteiger partial charge in [0.05, 0.1) is 13.2 Å². The Morgan fingerprint density at radius 1 is 0.352 bits per heavy atom. The van der Waals surface area contributed by atoms with Crippen molar-refractivity contribution in [3.05, 3.63) is 0 Å². The van der Waals surface area contributed by atoms with Gasteiger partial charge in [0.15, 0.2) is 0 Å². The van der Waals surface area contributed by atoms with Crippen LogP contribution in [-0.4, -0.2) is 174 Å². The number of cyclic esters (lactones) is 18. The fourth-order valence-corrected chi connectivity index (χ4v) is 9.29. The minimum Gasteiger partial charge on any atom is -0.434 e. The maximum atomic E-state index is 10.9. The molecule has 9 heterocycles. The standard InChI is InChI=1S/C12H22O3.C10H18O3.2C8H14O3.C7H12O3.C6H10O3.C5H8O3.2C4H6O3/c1-9(2)5-12(6-10(3)4)7-14-11(13)15-8-12;1-3-5-6-10(4-2)7-12-9(11)13-8-10;1-3-4-8(2)5-10-7(9)11-6-8;1-3-8(4-2)5-10-7(9)11-6-8;1-3-7(2)4-9-6(8)10-5-7;1-6(2)3-8-5(7)9-4-6;1-4-2-7-5(6)8-3-4;1-3-2-6-4(5)7-3;5-4-6-2-1-3-7-4/h9-10H,5-8H2,1-4H3;3-8H2,1-2H3;2*3-6H2,1-2H3;3-5H2,1-2H3;3-4H2,1-2H3;4H,2-3H2,1H3;3H,2H2,1H3;1-3H2. The van der Waals surface area contributed by atoms with E-state index in [9.17, 15) is 43.2 Å². The van der Waals surface area contributed by atoms with Crippen LogP contribution in [0.25, 0.3) is 0 Å². The van der Waals surface area contributed by atoms with Crippen LogP contribution in [0.2, 0.25) is 0 Å². The van der Waals surface area contributed by atoms with E-state index in [4.69, 9.17) is 47.4 Å². The van der Waals surface area contributed by atoms with Crippen molar-refractivity contribution in [3.8, 4) is 0 Å². The molecule has 1 unspecified atom stereocenters. The number of ether oxygens (including phenoxy) is 18. The fourth-order valence-electron chi connectivity index (χ4n) is 9.29. The zero-order valence-electron chi connectivity index (χ0n) is 57.3. The molecule has 0 aliphatic carbocycles. The van der Waals surface area contributed by atoms with E-state index in [0.29, 0.717) is 130 Å². The summed E-state index contributed by atoms with van der Waals surface area (Å²) in [5.74, 6) is 1.56. The summed E-state index contributed by atoms with van der Waals surface area (Å²) in [6.07, 6.45) is 7.65. The third kappa shape index (κ3) is 36.3. The molecule has 27 nitrogen and oxygen atoms in total. The van der Waals surface area contributed by atoms with Gasteiger partial charge in [-0.1, -0.05) is 123 Å². The smallest absolute Gasteiger partial charge is 0.434 e. The maximum Gasteiger partial charge on any atom is 0.508 e. The van der Waals surface area contributed by atoms with Crippen molar-refractivity contribution in [3.63, 3.8) is 0 Å². The van der Waals surface area contributed by atoms with Crippen LogP contribution in [0.15, 0.2) is 0 Å². The summed E-state index contributed by atoms with van der Waals surface area (Å²) in [5.41, 5.74) is 0.276. The number of rotatable bonds is 13. The topological polar surface area (TPSA) is 320 Å². The second kappa shape index (κ2) is 42.5. The Hall–Kier alpha value is -6.57. The molecule has 1 atom stereocenters. The monoisotopic (exact) mass is 1310 g/mol. The third-order valence-electron chi connectivity index (χ3n) is 15.4. The zero-order chi connectivity index (χ0) is 68.7. The van der Waals surface area contributed by atoms with E-state index in [1.165, 1.54) is 12.8 Å². The lowest BCUT2D eigenvalue weighted by atomic mass is 9.75. The Kier molecular flexibility index (Phi) is 38.5. The van der Waals surface area contributed by atoms with Gasteiger partial charge in [0.1, 0.15) is 105 Å². The number of unbranched alkanes of at least 4 members (excludes halogenated alkanes) is 1. The van der Waals surface area contributed by atoms with Gasteiger partial charge in [0, 0.05) is 44.8 Å². The highest BCUT2D eigenvalue weighted by atomic mass is 16.8. The van der Waals surface area contributed by atoms with Crippen LogP contribution in [0.4, 0.5) is 43.2 Å². The van der Waals surface area contributed by atoms with Crippen molar-refractivity contribution >= 4 is 55.4 Å². The molecule has 27 heteroatoms. The van der Waals surface area contributed by atoms with Crippen LogP contribution in [0.1, 0.15) is 188 Å². The molecule has 91 heavy (non-hydrogen) atoms. The molecular formula is C64H110O27. The van der Waals surface area contributed by atoms with Gasteiger partial charge in [-0.25, -0.2) is 43.2 Å². The number of carbonyl (C=O) groups excluding carboxylic acids is 9. The van der Waals surface area contributed by atoms with E-state index in [2.05, 4.69) is 114 Å². The van der Waals surface area contributed by atoms with E-state index < -0.39 is 55.4 Å². The van der Waals surface area contributed by atoms with Gasteiger partial charge in [0.2, 0.25) is 0 Å². The van der Waals surface area contributed by atoms with Gasteiger partial charge >= 0.3 is 55.4 Å². The Labute approximate surface area is 538 Å². The summed E-state index contributed by atoms with van der Waals surface area (Å²) >= 11 is 0. The summed E-state index contributed by atoms with van der Waals surface area (Å²) in [6.45, 7) is 41.7. The van der Waals surface area contributed by atoms with Crippen LogP contribution in [0.5, 0.6) is 0 Å². The molecule has 9 fully saturated rings. The van der Waals surface area contributed by atoms with Crippen molar-refractivity contribution in [1.82, 2.24) is 0 Å². The second-order valence-electron chi connectivity index (χ2n) is 26.5. The molecule has 0 amide bonds. The SMILES string of the molecule is CC(C)CC1(CC(C)C)COC(=O)OC1.CC1(C)COC(=O)OC1.CC1COC(=O)O1.CC1COC(=O)OC1.CCC1(C)COC(=O)OC1.CCC1(CC)COC(=O)OC1.CCCC1(C)COC(=O)OC1.CCCCC1(CC)COC(=O)OC1.O=C1OCCCO1. The predicted molar refractivity (Wildman–Crippen MR) is 326 cm³/mol. The van der Waals surface area contributed by atoms with Gasteiger partial charge in [-0.3, -0.25) is 0 Å². The quantitative estimate of drug-likeness (QED) is 0.122. The molecule has 0 bridgehead atoms. The van der Waals surface area contributed by atoms with Crippen LogP contribution in [-0.2, 0) is 85.3 Å². The van der Waals surface area contributed by atoms with Crippen molar-refractivity contribution < 1.29 is 128 Å². The lowest BCUT2D eigenvalue weighted by molar-refractivity contribution is -0.0759. The highest BCUT2D eigenvalue weighted by Crippen LogP contribution is 2.37. The minimum absolute atomic E-state index is 0.00604. The first-order valence-corrected chi connectivity index (χ1v) is 32.0. The number of carbonyl (C=O) groups is 9. The Balaban J connectivity index is 0.000000517. The molecular weight excluding hydrogens is 1200 g/mol. The van der Waals surface area contributed by atoms with E-state index in [1.54, 1.807) is 6.92 Å². The molecule has 9 rings (SSSR count). The molecule has 9 aliphatic rings. The molecule has 0 N–H and O–H groups in total. The van der Waals surface area contributed by atoms with E-state index in [1.807, 2.05) is 27.7 Å². The summed E-state index contributed by atoms with van der Waals surface area (Å²) in [7, 11) is 0. The molecule has 0 aromatic heterocycles. The molecule has 0 spiro atoms. The normalized spacial score (nSPS) is 22.4. The summed E-state index contributed by atoms with van der Waals surface area (Å²) in [5, 5.41) is 0. The predicted octanol–water partition coefficient (Wildman–Crippen LogP) is 14.5. The van der Waals surface area contributed by atoms with E-state index in [0.717, 1.165) is 64.2 Å². The Bertz CT molecular complexity index is 2070. The van der Waals surface area contributed by atoms with Crippen LogP contribution < -0.4 is 0 Å². The summed E-state index contributed by atoms with van der Waals surface area (Å²) in [6, 6.07) is 0. The zero-order valence-corrected chi connectivity index (χ0v) is 57.3. The van der Waals surface area contributed by atoms with E-state index in [-0.39, 0.29) is 38.6 Å². The lowest BCUT2D eigenvalue weighted by Gasteiger charge is -2.38. The molecule has 528 valence electrons. The highest BCUT2D eigenvalue weighted by molar-refractivity contribution is 5.63. The first-order valence-electron chi connectivity index (χ1n) is 32.0. The van der Waals surface area contributed by atoms with Gasteiger partial charge in [0.25, 0.3) is 0 Å². The highest BCUT2D eigenvalue weighted by Gasteiger charge is 2.40. The molecule has 0 aromatic rings. The average molecular weight is 1310 g/mol. The summed E-state index contributed by atoms with van der Waals surface area (Å²) < 4.78 is 84.6. The average Bonchev–Trinajstić information content (AvgIpc) is 2.31. The van der Waals surface area contributed by atoms with Gasteiger partial charge in [-0.2, -0.15) is 0 Å². The van der Waals surface area contributed by atoms with Gasteiger partial charge < -0.3 is 85.3 Å². The van der Waals surface area contributed by atoms with Crippen LogP contribution in [0, 0.1) is 50.2 Å².